The van der Waals surface area contributed by atoms with Crippen molar-refractivity contribution >= 4 is 51.5 Å². The monoisotopic (exact) mass is 960 g/mol. The number of likely N-dealkylation sites (tertiary alicyclic amines) is 2. The number of ether oxygens (including phenoxy) is 2. The topological polar surface area (TPSA) is 154 Å². The summed E-state index contributed by atoms with van der Waals surface area (Å²) in [5, 5.41) is 0. The van der Waals surface area contributed by atoms with Crippen LogP contribution in [0.25, 0.3) is 22.1 Å². The molecule has 3 aliphatic heterocycles. The van der Waals surface area contributed by atoms with Gasteiger partial charge in [0.25, 0.3) is 0 Å². The van der Waals surface area contributed by atoms with E-state index in [2.05, 4.69) is 39.1 Å². The van der Waals surface area contributed by atoms with Gasteiger partial charge < -0.3 is 34.1 Å². The average Bonchev–Trinajstić information content (AvgIpc) is 4.20. The maximum atomic E-state index is 16.6. The number of methoxy groups -OCH3 is 2. The Hall–Kier alpha value is -5.86. The Kier molecular flexibility index (Phi) is 13.2. The van der Waals surface area contributed by atoms with Crippen LogP contribution in [0.3, 0.4) is 0 Å². The van der Waals surface area contributed by atoms with E-state index < -0.39 is 35.4 Å². The minimum Gasteiger partial charge on any atom is -0.469 e. The number of nitrogens with zero attached hydrogens (tertiary/aromatic N) is 5. The van der Waals surface area contributed by atoms with Gasteiger partial charge in [-0.3, -0.25) is 19.2 Å². The summed E-state index contributed by atoms with van der Waals surface area (Å²) in [6.07, 6.45) is 8.52. The average molecular weight is 960 g/mol. The molecule has 3 saturated heterocycles. The fourth-order valence-corrected chi connectivity index (χ4v) is 12.9. The van der Waals surface area contributed by atoms with Crippen LogP contribution in [0.5, 0.6) is 0 Å². The number of fused-ring (bicyclic) bond motifs is 3. The van der Waals surface area contributed by atoms with E-state index in [1.54, 1.807) is 12.1 Å². The molecule has 13 nitrogen and oxygen atoms in total. The molecule has 2 saturated carbocycles. The zero-order valence-electron chi connectivity index (χ0n) is 41.3. The molecular formula is C55H67F2N7O6. The van der Waals surface area contributed by atoms with Crippen molar-refractivity contribution in [3.8, 4) is 0 Å². The highest BCUT2D eigenvalue weighted by Crippen LogP contribution is 2.55. The van der Waals surface area contributed by atoms with E-state index in [4.69, 9.17) is 19.4 Å². The van der Waals surface area contributed by atoms with Crippen LogP contribution in [-0.4, -0.2) is 80.8 Å². The summed E-state index contributed by atoms with van der Waals surface area (Å²) in [5.74, 6) is -0.668. The minimum absolute atomic E-state index is 0.0222. The van der Waals surface area contributed by atoms with E-state index in [1.807, 2.05) is 49.6 Å². The Bertz CT molecular complexity index is 2620. The highest BCUT2D eigenvalue weighted by atomic mass is 19.1. The summed E-state index contributed by atoms with van der Waals surface area (Å²) in [6.45, 7) is 8.95. The lowest BCUT2D eigenvalue weighted by atomic mass is 9.77. The first kappa shape index (κ1) is 47.8. The summed E-state index contributed by atoms with van der Waals surface area (Å²) in [4.78, 5) is 75.7. The number of benzene rings is 3. The number of halogens is 2. The number of carbonyl (C=O) groups excluding carboxylic acids is 4. The van der Waals surface area contributed by atoms with Crippen molar-refractivity contribution in [3.63, 3.8) is 0 Å². The molecule has 0 radical (unpaired) electrons. The van der Waals surface area contributed by atoms with Crippen LogP contribution < -0.4 is 4.90 Å². The van der Waals surface area contributed by atoms with Crippen LogP contribution in [0.15, 0.2) is 48.5 Å². The van der Waals surface area contributed by atoms with Gasteiger partial charge in [-0.1, -0.05) is 39.8 Å². The smallest absolute Gasteiger partial charge is 0.306 e. The summed E-state index contributed by atoms with van der Waals surface area (Å²) < 4.78 is 43.1. The van der Waals surface area contributed by atoms with Crippen LogP contribution in [0.4, 0.5) is 14.5 Å². The number of aromatic amines is 2. The molecule has 0 bridgehead atoms. The lowest BCUT2D eigenvalue weighted by molar-refractivity contribution is -0.148. The number of amides is 2. The number of H-pyrrole nitrogens is 2. The predicted octanol–water partition coefficient (Wildman–Crippen LogP) is 10.7. The normalized spacial score (nSPS) is 25.3. The van der Waals surface area contributed by atoms with Gasteiger partial charge in [0.05, 0.1) is 85.1 Å². The van der Waals surface area contributed by atoms with E-state index in [-0.39, 0.29) is 72.1 Å². The molecule has 15 heteroatoms. The molecule has 372 valence electrons. The van der Waals surface area contributed by atoms with Gasteiger partial charge in [-0.2, -0.15) is 0 Å². The van der Waals surface area contributed by atoms with Crippen LogP contribution in [0.2, 0.25) is 0 Å². The number of aromatic nitrogens is 4. The molecule has 5 heterocycles. The third-order valence-electron chi connectivity index (χ3n) is 16.9. The second-order valence-electron chi connectivity index (χ2n) is 21.5. The molecule has 2 aliphatic carbocycles. The Labute approximate surface area is 408 Å². The molecule has 70 heavy (non-hydrogen) atoms. The number of carbonyl (C=O) groups is 4. The zero-order chi connectivity index (χ0) is 49.1. The summed E-state index contributed by atoms with van der Waals surface area (Å²) in [6, 6.07) is 14.3. The largest absolute Gasteiger partial charge is 0.469 e. The standard InChI is InChI=1S/C55H67F2N7O6/c1-29(2)37(27-49(65)69-5)54(67)62-19-7-9-47(62)52-58-41-15-13-33(23-43(41)60-52)45-17-18-46(64(45)36-25-39(56)51(40(57)26-36)35-21-31-11-12-32(31)22-35)34-14-16-42-44(24-34)61-53(59-42)48-10-8-20-63(48)55(68)38(30(3)4)28-50(66)70-6/h13-16,23-26,29-32,35,37-38,45-48H,7-12,17-22,27-28H2,1-6H3,(H,58,60)(H,59,61)/t31-,32+,35?,37?,38?,45-,46-,47+,48+/m1/s1. The van der Waals surface area contributed by atoms with Crippen molar-refractivity contribution in [2.45, 2.75) is 135 Å². The molecular weight excluding hydrogens is 893 g/mol. The summed E-state index contributed by atoms with van der Waals surface area (Å²) in [7, 11) is 2.68. The molecule has 3 aromatic carbocycles. The van der Waals surface area contributed by atoms with Crippen molar-refractivity contribution in [2.24, 2.45) is 35.5 Å². The first-order valence-corrected chi connectivity index (χ1v) is 25.7. The SMILES string of the molecule is COC(=O)CC(C(=O)N1CCC[C@H]1c1nc2cc([C@H]3CC[C@H](c4ccc5[nH]c([C@@H]6CCCN6C(=O)C(CC(=O)OC)C(C)C)nc5c4)N3c3cc(F)c(C4C[C@H]5CC[C@H]5C4)c(F)c3)ccc2[nH]1)C(C)C. The van der Waals surface area contributed by atoms with E-state index in [0.717, 1.165) is 84.6 Å². The maximum absolute atomic E-state index is 16.6. The lowest BCUT2D eigenvalue weighted by Gasteiger charge is -2.34. The van der Waals surface area contributed by atoms with Crippen LogP contribution in [0.1, 0.15) is 163 Å². The molecule has 5 fully saturated rings. The van der Waals surface area contributed by atoms with Gasteiger partial charge in [-0.05, 0) is 141 Å². The van der Waals surface area contributed by atoms with E-state index in [9.17, 15) is 19.2 Å². The zero-order valence-corrected chi connectivity index (χ0v) is 41.3. The van der Waals surface area contributed by atoms with Crippen molar-refractivity contribution in [1.29, 1.82) is 0 Å². The fraction of sp³-hybridized carbons (Fsp3) is 0.564. The van der Waals surface area contributed by atoms with Crippen LogP contribution in [0, 0.1) is 47.1 Å². The van der Waals surface area contributed by atoms with Gasteiger partial charge >= 0.3 is 11.9 Å². The van der Waals surface area contributed by atoms with Gasteiger partial charge in [0, 0.05) is 24.3 Å². The number of hydrogen-bond acceptors (Lipinski definition) is 9. The fourth-order valence-electron chi connectivity index (χ4n) is 12.9. The number of esters is 2. The van der Waals surface area contributed by atoms with E-state index in [0.29, 0.717) is 55.1 Å². The Morgan fingerprint density at radius 1 is 0.629 bits per heavy atom. The highest BCUT2D eigenvalue weighted by Gasteiger charge is 2.44. The lowest BCUT2D eigenvalue weighted by Crippen LogP contribution is -2.39. The van der Waals surface area contributed by atoms with Gasteiger partial charge in [-0.15, -0.1) is 0 Å². The van der Waals surface area contributed by atoms with Crippen molar-refractivity contribution in [2.75, 3.05) is 32.2 Å². The maximum Gasteiger partial charge on any atom is 0.306 e. The van der Waals surface area contributed by atoms with Crippen LogP contribution in [-0.2, 0) is 28.7 Å². The van der Waals surface area contributed by atoms with Crippen molar-refractivity contribution in [1.82, 2.24) is 29.7 Å². The number of anilines is 1. The Morgan fingerprint density at radius 3 is 1.47 bits per heavy atom. The quantitative estimate of drug-likeness (QED) is 0.104. The van der Waals surface area contributed by atoms with Gasteiger partial charge in [-0.25, -0.2) is 18.7 Å². The van der Waals surface area contributed by atoms with Crippen molar-refractivity contribution < 1.29 is 37.4 Å². The molecule has 5 aromatic rings. The second kappa shape index (κ2) is 19.4. The third-order valence-corrected chi connectivity index (χ3v) is 16.9. The summed E-state index contributed by atoms with van der Waals surface area (Å²) in [5.41, 5.74) is 5.75. The molecule has 9 atom stereocenters. The molecule has 2 aromatic heterocycles. The highest BCUT2D eigenvalue weighted by molar-refractivity contribution is 5.86. The molecule has 3 unspecified atom stereocenters. The Balaban J connectivity index is 0.967. The minimum atomic E-state index is -0.505. The number of rotatable bonds is 14. The van der Waals surface area contributed by atoms with E-state index >= 15 is 8.78 Å². The first-order valence-electron chi connectivity index (χ1n) is 25.7. The molecule has 5 aliphatic rings. The van der Waals surface area contributed by atoms with E-state index in [1.165, 1.54) is 14.2 Å². The molecule has 10 rings (SSSR count). The van der Waals surface area contributed by atoms with Crippen LogP contribution >= 0.6 is 0 Å². The second-order valence-corrected chi connectivity index (χ2v) is 21.5. The number of imidazole rings is 2. The third kappa shape index (κ3) is 8.84. The first-order chi connectivity index (χ1) is 33.7. The summed E-state index contributed by atoms with van der Waals surface area (Å²) >= 11 is 0. The number of nitrogens with one attached hydrogen (secondary N) is 2. The molecule has 0 spiro atoms. The van der Waals surface area contributed by atoms with Gasteiger partial charge in [0.2, 0.25) is 11.8 Å². The predicted molar refractivity (Wildman–Crippen MR) is 261 cm³/mol. The van der Waals surface area contributed by atoms with Gasteiger partial charge in [0.1, 0.15) is 23.3 Å². The Morgan fingerprint density at radius 2 is 1.07 bits per heavy atom. The molecule has 2 N–H and O–H groups in total. The molecule has 2 amide bonds. The van der Waals surface area contributed by atoms with Gasteiger partial charge in [0.15, 0.2) is 0 Å². The van der Waals surface area contributed by atoms with Crippen molar-refractivity contribution in [3.05, 3.63) is 88.5 Å². The number of hydrogen-bond donors (Lipinski definition) is 2.